The van der Waals surface area contributed by atoms with Crippen LogP contribution in [0.25, 0.3) is 0 Å². The number of fused-ring (bicyclic) bond motifs is 1. The summed E-state index contributed by atoms with van der Waals surface area (Å²) in [6.07, 6.45) is 1.86. The molecule has 0 spiro atoms. The molecule has 0 aliphatic carbocycles. The van der Waals surface area contributed by atoms with Crippen LogP contribution in [-0.4, -0.2) is 34.7 Å². The molecule has 0 atom stereocenters. The van der Waals surface area contributed by atoms with E-state index in [-0.39, 0.29) is 0 Å². The van der Waals surface area contributed by atoms with Gasteiger partial charge in [0.1, 0.15) is 0 Å². The van der Waals surface area contributed by atoms with Crippen molar-refractivity contribution in [3.05, 3.63) is 23.8 Å². The van der Waals surface area contributed by atoms with Crippen molar-refractivity contribution in [2.75, 3.05) is 31.6 Å². The van der Waals surface area contributed by atoms with Crippen LogP contribution in [0, 0.1) is 5.92 Å². The van der Waals surface area contributed by atoms with Crippen LogP contribution in [0.15, 0.2) is 23.1 Å². The zero-order valence-corrected chi connectivity index (χ0v) is 13.5. The fourth-order valence-electron chi connectivity index (χ4n) is 2.20. The molecule has 118 valence electrons. The van der Waals surface area contributed by atoms with Gasteiger partial charge in [0, 0.05) is 25.4 Å². The van der Waals surface area contributed by atoms with E-state index < -0.39 is 10.0 Å². The van der Waals surface area contributed by atoms with E-state index in [2.05, 4.69) is 23.9 Å². The molecule has 21 heavy (non-hydrogen) atoms. The first kappa shape index (κ1) is 16.3. The third-order valence-electron chi connectivity index (χ3n) is 3.47. The second kappa shape index (κ2) is 7.24. The van der Waals surface area contributed by atoms with Crippen LogP contribution in [0.5, 0.6) is 0 Å². The van der Waals surface area contributed by atoms with E-state index in [0.29, 0.717) is 30.6 Å². The molecule has 1 aromatic carbocycles. The molecule has 0 unspecified atom stereocenters. The van der Waals surface area contributed by atoms with E-state index in [0.717, 1.165) is 30.6 Å². The van der Waals surface area contributed by atoms with Crippen LogP contribution < -0.4 is 10.0 Å². The number of nitrogens with one attached hydrogen (secondary N) is 2. The standard InChI is InChI=1S/C15H24N2O3S/c1-12(2)6-9-20-10-8-17-21(18,19)14-3-4-15-13(11-14)5-7-16-15/h3-4,11-12,16-17H,5-10H2,1-2H3. The fraction of sp³-hybridized carbons (Fsp3) is 0.600. The second-order valence-electron chi connectivity index (χ2n) is 5.69. The largest absolute Gasteiger partial charge is 0.384 e. The predicted octanol–water partition coefficient (Wildman–Crippen LogP) is 2.00. The summed E-state index contributed by atoms with van der Waals surface area (Å²) in [6, 6.07) is 5.21. The minimum atomic E-state index is -3.44. The molecule has 0 amide bonds. The summed E-state index contributed by atoms with van der Waals surface area (Å²) in [5, 5.41) is 3.22. The van der Waals surface area contributed by atoms with Gasteiger partial charge in [0.15, 0.2) is 0 Å². The van der Waals surface area contributed by atoms with Crippen molar-refractivity contribution >= 4 is 15.7 Å². The topological polar surface area (TPSA) is 67.4 Å². The van der Waals surface area contributed by atoms with Gasteiger partial charge in [-0.3, -0.25) is 0 Å². The Morgan fingerprint density at radius 2 is 2.14 bits per heavy atom. The molecule has 0 aromatic heterocycles. The first-order valence-corrected chi connectivity index (χ1v) is 8.91. The highest BCUT2D eigenvalue weighted by Crippen LogP contribution is 2.24. The fourth-order valence-corrected chi connectivity index (χ4v) is 3.26. The lowest BCUT2D eigenvalue weighted by molar-refractivity contribution is 0.128. The average Bonchev–Trinajstić information content (AvgIpc) is 2.89. The van der Waals surface area contributed by atoms with Crippen LogP contribution in [0.3, 0.4) is 0 Å². The summed E-state index contributed by atoms with van der Waals surface area (Å²) in [4.78, 5) is 0.326. The number of ether oxygens (including phenoxy) is 1. The first-order chi connectivity index (χ1) is 9.99. The Labute approximate surface area is 127 Å². The van der Waals surface area contributed by atoms with Crippen LogP contribution in [0.2, 0.25) is 0 Å². The highest BCUT2D eigenvalue weighted by Gasteiger charge is 2.17. The minimum absolute atomic E-state index is 0.301. The molecule has 0 bridgehead atoms. The van der Waals surface area contributed by atoms with E-state index >= 15 is 0 Å². The minimum Gasteiger partial charge on any atom is -0.384 e. The summed E-state index contributed by atoms with van der Waals surface area (Å²) in [5.74, 6) is 0.599. The molecule has 2 N–H and O–H groups in total. The van der Waals surface area contributed by atoms with Gasteiger partial charge in [-0.05, 0) is 42.5 Å². The first-order valence-electron chi connectivity index (χ1n) is 7.43. The molecule has 0 fully saturated rings. The second-order valence-corrected chi connectivity index (χ2v) is 7.46. The maximum absolute atomic E-state index is 12.2. The van der Waals surface area contributed by atoms with Gasteiger partial charge in [-0.25, -0.2) is 13.1 Å². The molecular formula is C15H24N2O3S. The Morgan fingerprint density at radius 1 is 1.33 bits per heavy atom. The van der Waals surface area contributed by atoms with E-state index in [9.17, 15) is 8.42 Å². The number of rotatable bonds is 8. The number of anilines is 1. The number of hydrogen-bond donors (Lipinski definition) is 2. The lowest BCUT2D eigenvalue weighted by atomic mass is 10.1. The zero-order chi connectivity index (χ0) is 15.3. The van der Waals surface area contributed by atoms with Gasteiger partial charge in [-0.15, -0.1) is 0 Å². The molecule has 5 nitrogen and oxygen atoms in total. The smallest absolute Gasteiger partial charge is 0.240 e. The molecule has 6 heteroatoms. The third-order valence-corrected chi connectivity index (χ3v) is 4.93. The third kappa shape index (κ3) is 4.69. The summed E-state index contributed by atoms with van der Waals surface area (Å²) >= 11 is 0. The quantitative estimate of drug-likeness (QED) is 0.721. The highest BCUT2D eigenvalue weighted by molar-refractivity contribution is 7.89. The molecule has 0 saturated heterocycles. The summed E-state index contributed by atoms with van der Waals surface area (Å²) in [7, 11) is -3.44. The van der Waals surface area contributed by atoms with Gasteiger partial charge in [0.05, 0.1) is 11.5 Å². The van der Waals surface area contributed by atoms with Crippen molar-refractivity contribution in [3.8, 4) is 0 Å². The number of benzene rings is 1. The predicted molar refractivity (Wildman–Crippen MR) is 84.1 cm³/mol. The summed E-state index contributed by atoms with van der Waals surface area (Å²) in [6.45, 7) is 6.51. The van der Waals surface area contributed by atoms with E-state index in [4.69, 9.17) is 4.74 Å². The number of sulfonamides is 1. The van der Waals surface area contributed by atoms with E-state index in [1.54, 1.807) is 12.1 Å². The van der Waals surface area contributed by atoms with Gasteiger partial charge in [-0.2, -0.15) is 0 Å². The lowest BCUT2D eigenvalue weighted by Gasteiger charge is -2.09. The van der Waals surface area contributed by atoms with Crippen LogP contribution >= 0.6 is 0 Å². The van der Waals surface area contributed by atoms with E-state index in [1.807, 2.05) is 6.07 Å². The van der Waals surface area contributed by atoms with E-state index in [1.165, 1.54) is 0 Å². The maximum atomic E-state index is 12.2. The molecule has 1 heterocycles. The van der Waals surface area contributed by atoms with Gasteiger partial charge in [-0.1, -0.05) is 13.8 Å². The van der Waals surface area contributed by atoms with Gasteiger partial charge in [0.2, 0.25) is 10.0 Å². The normalized spacial score (nSPS) is 14.2. The van der Waals surface area contributed by atoms with Gasteiger partial charge >= 0.3 is 0 Å². The van der Waals surface area contributed by atoms with Crippen molar-refractivity contribution in [2.45, 2.75) is 31.6 Å². The van der Waals surface area contributed by atoms with Crippen molar-refractivity contribution in [1.29, 1.82) is 0 Å². The van der Waals surface area contributed by atoms with Crippen molar-refractivity contribution < 1.29 is 13.2 Å². The highest BCUT2D eigenvalue weighted by atomic mass is 32.2. The Kier molecular flexibility index (Phi) is 5.61. The van der Waals surface area contributed by atoms with Gasteiger partial charge < -0.3 is 10.1 Å². The SMILES string of the molecule is CC(C)CCOCCNS(=O)(=O)c1ccc2c(c1)CCN2. The Balaban J connectivity index is 1.82. The molecule has 1 aliphatic rings. The average molecular weight is 312 g/mol. The van der Waals surface area contributed by atoms with Gasteiger partial charge in [0.25, 0.3) is 0 Å². The molecular weight excluding hydrogens is 288 g/mol. The lowest BCUT2D eigenvalue weighted by Crippen LogP contribution is -2.27. The summed E-state index contributed by atoms with van der Waals surface area (Å²) in [5.41, 5.74) is 2.09. The summed E-state index contributed by atoms with van der Waals surface area (Å²) < 4.78 is 32.4. The van der Waals surface area contributed by atoms with Crippen molar-refractivity contribution in [2.24, 2.45) is 5.92 Å². The Hall–Kier alpha value is -1.11. The monoisotopic (exact) mass is 312 g/mol. The van der Waals surface area contributed by atoms with Crippen LogP contribution in [-0.2, 0) is 21.2 Å². The Bertz CT molecular complexity index is 570. The molecule has 2 rings (SSSR count). The molecule has 1 aliphatic heterocycles. The zero-order valence-electron chi connectivity index (χ0n) is 12.7. The molecule has 0 radical (unpaired) electrons. The van der Waals surface area contributed by atoms with Crippen LogP contribution in [0.1, 0.15) is 25.8 Å². The van der Waals surface area contributed by atoms with Crippen molar-refractivity contribution in [1.82, 2.24) is 4.72 Å². The van der Waals surface area contributed by atoms with Crippen molar-refractivity contribution in [3.63, 3.8) is 0 Å². The molecule has 0 saturated carbocycles. The number of hydrogen-bond acceptors (Lipinski definition) is 4. The van der Waals surface area contributed by atoms with Crippen LogP contribution in [0.4, 0.5) is 5.69 Å². The Morgan fingerprint density at radius 3 is 2.90 bits per heavy atom. The molecule has 1 aromatic rings. The maximum Gasteiger partial charge on any atom is 0.240 e.